The molecule has 0 aliphatic rings. The topological polar surface area (TPSA) is 63.9 Å². The molecule has 4 aromatic rings. The van der Waals surface area contributed by atoms with E-state index in [-0.39, 0.29) is 5.78 Å². The lowest BCUT2D eigenvalue weighted by molar-refractivity contribution is 0.103. The van der Waals surface area contributed by atoms with Crippen LogP contribution in [0.2, 0.25) is 0 Å². The van der Waals surface area contributed by atoms with Crippen LogP contribution < -0.4 is 4.90 Å². The largest absolute Gasteiger partial charge is 0.378 e. The normalized spacial score (nSPS) is 10.8. The SMILES string of the molecule is CN(C)c1ccc(C(=O)c2ncnc3c2cnn3-c2ccccc2)cc1. The Kier molecular flexibility index (Phi) is 3.93. The highest BCUT2D eigenvalue weighted by Crippen LogP contribution is 2.21. The van der Waals surface area contributed by atoms with E-state index in [2.05, 4.69) is 15.1 Å². The summed E-state index contributed by atoms with van der Waals surface area (Å²) in [4.78, 5) is 23.5. The first-order valence-corrected chi connectivity index (χ1v) is 8.21. The van der Waals surface area contributed by atoms with Crippen molar-refractivity contribution in [1.82, 2.24) is 19.7 Å². The monoisotopic (exact) mass is 343 g/mol. The van der Waals surface area contributed by atoms with Gasteiger partial charge in [0.05, 0.1) is 17.3 Å². The highest BCUT2D eigenvalue weighted by Gasteiger charge is 2.18. The molecule has 0 unspecified atom stereocenters. The predicted octanol–water partition coefficient (Wildman–Crippen LogP) is 3.11. The maximum atomic E-state index is 12.9. The number of carbonyl (C=O) groups excluding carboxylic acids is 1. The van der Waals surface area contributed by atoms with Gasteiger partial charge in [0.25, 0.3) is 0 Å². The van der Waals surface area contributed by atoms with Gasteiger partial charge in [0, 0.05) is 25.3 Å². The third kappa shape index (κ3) is 2.71. The van der Waals surface area contributed by atoms with Gasteiger partial charge >= 0.3 is 0 Å². The first-order valence-electron chi connectivity index (χ1n) is 8.21. The van der Waals surface area contributed by atoms with Crippen molar-refractivity contribution >= 4 is 22.5 Å². The lowest BCUT2D eigenvalue weighted by Crippen LogP contribution is -2.10. The number of hydrogen-bond donors (Lipinski definition) is 0. The molecule has 6 nitrogen and oxygen atoms in total. The van der Waals surface area contributed by atoms with Crippen LogP contribution in [0.25, 0.3) is 16.7 Å². The summed E-state index contributed by atoms with van der Waals surface area (Å²) in [6.07, 6.45) is 3.05. The van der Waals surface area contributed by atoms with Crippen molar-refractivity contribution in [2.24, 2.45) is 0 Å². The first kappa shape index (κ1) is 16.0. The fraction of sp³-hybridized carbons (Fsp3) is 0.100. The number of fused-ring (bicyclic) bond motifs is 1. The number of ketones is 1. The molecule has 6 heteroatoms. The van der Waals surface area contributed by atoms with Crippen LogP contribution in [0.15, 0.2) is 67.1 Å². The third-order valence-corrected chi connectivity index (χ3v) is 4.23. The van der Waals surface area contributed by atoms with E-state index in [0.29, 0.717) is 22.3 Å². The first-order chi connectivity index (χ1) is 12.6. The van der Waals surface area contributed by atoms with E-state index in [9.17, 15) is 4.79 Å². The van der Waals surface area contributed by atoms with Crippen LogP contribution in [-0.4, -0.2) is 39.6 Å². The molecule has 2 heterocycles. The number of anilines is 1. The number of rotatable bonds is 4. The average molecular weight is 343 g/mol. The summed E-state index contributed by atoms with van der Waals surface area (Å²) >= 11 is 0. The number of nitrogens with zero attached hydrogens (tertiary/aromatic N) is 5. The van der Waals surface area contributed by atoms with Crippen LogP contribution in [-0.2, 0) is 0 Å². The van der Waals surface area contributed by atoms with Gasteiger partial charge in [-0.1, -0.05) is 18.2 Å². The zero-order valence-electron chi connectivity index (χ0n) is 14.5. The van der Waals surface area contributed by atoms with Crippen molar-refractivity contribution in [2.45, 2.75) is 0 Å². The van der Waals surface area contributed by atoms with E-state index >= 15 is 0 Å². The van der Waals surface area contributed by atoms with Crippen LogP contribution in [0.4, 0.5) is 5.69 Å². The number of para-hydroxylation sites is 1. The second-order valence-electron chi connectivity index (χ2n) is 6.12. The zero-order chi connectivity index (χ0) is 18.1. The highest BCUT2D eigenvalue weighted by atomic mass is 16.1. The maximum absolute atomic E-state index is 12.9. The molecule has 128 valence electrons. The number of carbonyl (C=O) groups is 1. The summed E-state index contributed by atoms with van der Waals surface area (Å²) < 4.78 is 1.71. The molecule has 0 fully saturated rings. The standard InChI is InChI=1S/C20H17N5O/c1-24(2)15-10-8-14(9-11-15)19(26)18-17-12-23-25(20(17)22-13-21-18)16-6-4-3-5-7-16/h3-13H,1-2H3. The molecule has 2 aromatic carbocycles. The molecule has 0 aliphatic carbocycles. The lowest BCUT2D eigenvalue weighted by atomic mass is 10.1. The molecule has 2 aromatic heterocycles. The van der Waals surface area contributed by atoms with E-state index in [1.165, 1.54) is 6.33 Å². The van der Waals surface area contributed by atoms with Crippen LogP contribution in [0.5, 0.6) is 0 Å². The molecule has 0 amide bonds. The predicted molar refractivity (Wildman–Crippen MR) is 101 cm³/mol. The minimum Gasteiger partial charge on any atom is -0.378 e. The van der Waals surface area contributed by atoms with Gasteiger partial charge < -0.3 is 4.90 Å². The van der Waals surface area contributed by atoms with Gasteiger partial charge in [-0.2, -0.15) is 5.10 Å². The molecule has 0 saturated heterocycles. The number of hydrogen-bond acceptors (Lipinski definition) is 5. The Hall–Kier alpha value is -3.54. The molecule has 26 heavy (non-hydrogen) atoms. The van der Waals surface area contributed by atoms with Crippen molar-refractivity contribution in [3.05, 3.63) is 78.4 Å². The summed E-state index contributed by atoms with van der Waals surface area (Å²) in [6.45, 7) is 0. The van der Waals surface area contributed by atoms with E-state index < -0.39 is 0 Å². The van der Waals surface area contributed by atoms with Gasteiger partial charge in [-0.25, -0.2) is 14.6 Å². The van der Waals surface area contributed by atoms with Crippen LogP contribution in [0.3, 0.4) is 0 Å². The fourth-order valence-corrected chi connectivity index (χ4v) is 2.83. The second kappa shape index (κ2) is 6.40. The van der Waals surface area contributed by atoms with Crippen molar-refractivity contribution in [3.8, 4) is 5.69 Å². The molecular formula is C20H17N5O. The summed E-state index contributed by atoms with van der Waals surface area (Å²) in [5.74, 6) is -0.143. The molecule has 0 aliphatic heterocycles. The molecule has 0 N–H and O–H groups in total. The molecule has 0 atom stereocenters. The number of aromatic nitrogens is 4. The zero-order valence-corrected chi connectivity index (χ0v) is 14.5. The summed E-state index contributed by atoms with van der Waals surface area (Å²) in [7, 11) is 3.92. The van der Waals surface area contributed by atoms with Gasteiger partial charge in [-0.15, -0.1) is 0 Å². The van der Waals surface area contributed by atoms with E-state index in [1.807, 2.05) is 73.6 Å². The van der Waals surface area contributed by atoms with Gasteiger partial charge in [0.15, 0.2) is 5.65 Å². The summed E-state index contributed by atoms with van der Waals surface area (Å²) in [5, 5.41) is 5.03. The van der Waals surface area contributed by atoms with Crippen molar-refractivity contribution in [3.63, 3.8) is 0 Å². The number of benzene rings is 2. The minimum atomic E-state index is -0.143. The molecule has 0 bridgehead atoms. The van der Waals surface area contributed by atoms with Crippen LogP contribution >= 0.6 is 0 Å². The van der Waals surface area contributed by atoms with Crippen molar-refractivity contribution in [1.29, 1.82) is 0 Å². The van der Waals surface area contributed by atoms with Gasteiger partial charge in [-0.05, 0) is 36.4 Å². The van der Waals surface area contributed by atoms with Crippen LogP contribution in [0.1, 0.15) is 16.1 Å². The van der Waals surface area contributed by atoms with Crippen LogP contribution in [0, 0.1) is 0 Å². The minimum absolute atomic E-state index is 0.143. The maximum Gasteiger partial charge on any atom is 0.212 e. The molecule has 0 spiro atoms. The molecular weight excluding hydrogens is 326 g/mol. The molecule has 0 radical (unpaired) electrons. The van der Waals surface area contributed by atoms with Gasteiger partial charge in [0.1, 0.15) is 12.0 Å². The Labute approximate surface area is 150 Å². The highest BCUT2D eigenvalue weighted by molar-refractivity contribution is 6.14. The Morgan fingerprint density at radius 3 is 2.38 bits per heavy atom. The fourth-order valence-electron chi connectivity index (χ4n) is 2.83. The van der Waals surface area contributed by atoms with Gasteiger partial charge in [0.2, 0.25) is 5.78 Å². The quantitative estimate of drug-likeness (QED) is 0.533. The van der Waals surface area contributed by atoms with E-state index in [0.717, 1.165) is 11.4 Å². The summed E-state index contributed by atoms with van der Waals surface area (Å²) in [5.41, 5.74) is 3.47. The summed E-state index contributed by atoms with van der Waals surface area (Å²) in [6, 6.07) is 17.1. The van der Waals surface area contributed by atoms with E-state index in [1.54, 1.807) is 10.9 Å². The van der Waals surface area contributed by atoms with E-state index in [4.69, 9.17) is 0 Å². The lowest BCUT2D eigenvalue weighted by Gasteiger charge is -2.12. The van der Waals surface area contributed by atoms with Crippen molar-refractivity contribution < 1.29 is 4.79 Å². The Morgan fingerprint density at radius 2 is 1.69 bits per heavy atom. The average Bonchev–Trinajstić information content (AvgIpc) is 3.12. The van der Waals surface area contributed by atoms with Gasteiger partial charge in [-0.3, -0.25) is 4.79 Å². The van der Waals surface area contributed by atoms with Crippen molar-refractivity contribution in [2.75, 3.05) is 19.0 Å². The smallest absolute Gasteiger partial charge is 0.212 e. The Balaban J connectivity index is 1.77. The molecule has 4 rings (SSSR count). The second-order valence-corrected chi connectivity index (χ2v) is 6.12. The molecule has 0 saturated carbocycles. The Morgan fingerprint density at radius 1 is 0.962 bits per heavy atom. The third-order valence-electron chi connectivity index (χ3n) is 4.23. The Bertz CT molecular complexity index is 1070.